The Morgan fingerprint density at radius 2 is 1.73 bits per heavy atom. The highest BCUT2D eigenvalue weighted by atomic mass is 16.5. The third-order valence-electron chi connectivity index (χ3n) is 4.43. The third-order valence-corrected chi connectivity index (χ3v) is 4.43. The maximum atomic E-state index is 12.9. The molecule has 0 amide bonds. The van der Waals surface area contributed by atoms with Crippen LogP contribution in [-0.2, 0) is 6.54 Å². The number of rotatable bonds is 4. The summed E-state index contributed by atoms with van der Waals surface area (Å²) in [5, 5.41) is 2.35. The predicted molar refractivity (Wildman–Crippen MR) is 101 cm³/mol. The Labute approximate surface area is 149 Å². The molecular weight excluding hydrogens is 328 g/mol. The number of Topliss-reactive ketones (excluding diaryl/α,β-unsaturated/α-hetero) is 1. The summed E-state index contributed by atoms with van der Waals surface area (Å²) in [5.41, 5.74) is 0.833. The van der Waals surface area contributed by atoms with E-state index in [4.69, 9.17) is 4.74 Å². The van der Waals surface area contributed by atoms with E-state index < -0.39 is 0 Å². The van der Waals surface area contributed by atoms with Crippen molar-refractivity contribution in [2.75, 3.05) is 7.11 Å². The van der Waals surface area contributed by atoms with Crippen LogP contribution in [0.15, 0.2) is 71.8 Å². The van der Waals surface area contributed by atoms with Gasteiger partial charge in [-0.1, -0.05) is 42.5 Å². The van der Waals surface area contributed by atoms with E-state index >= 15 is 0 Å². The highest BCUT2D eigenvalue weighted by molar-refractivity contribution is 6.04. The molecule has 0 saturated carbocycles. The molecule has 0 radical (unpaired) electrons. The van der Waals surface area contributed by atoms with Crippen molar-refractivity contribution in [3.63, 3.8) is 0 Å². The van der Waals surface area contributed by atoms with E-state index in [9.17, 15) is 9.59 Å². The van der Waals surface area contributed by atoms with Crippen LogP contribution in [0, 0.1) is 0 Å². The molecule has 4 rings (SSSR count). The monoisotopic (exact) mass is 344 g/mol. The van der Waals surface area contributed by atoms with Gasteiger partial charge in [-0.3, -0.25) is 14.2 Å². The number of para-hydroxylation sites is 1. The second-order valence-corrected chi connectivity index (χ2v) is 5.99. The molecule has 5 heteroatoms. The lowest BCUT2D eigenvalue weighted by molar-refractivity contribution is 0.0968. The highest BCUT2D eigenvalue weighted by Crippen LogP contribution is 2.30. The Kier molecular flexibility index (Phi) is 3.97. The van der Waals surface area contributed by atoms with E-state index in [2.05, 4.69) is 4.98 Å². The van der Waals surface area contributed by atoms with Crippen LogP contribution in [0.4, 0.5) is 0 Å². The first kappa shape index (κ1) is 16.0. The lowest BCUT2D eigenvalue weighted by Crippen LogP contribution is -2.24. The molecule has 0 saturated heterocycles. The Morgan fingerprint density at radius 1 is 1.00 bits per heavy atom. The molecule has 128 valence electrons. The number of methoxy groups -OCH3 is 1. The molecule has 0 aliphatic rings. The molecule has 0 aliphatic heterocycles. The van der Waals surface area contributed by atoms with Gasteiger partial charge < -0.3 is 4.74 Å². The molecule has 0 aliphatic carbocycles. The van der Waals surface area contributed by atoms with Gasteiger partial charge in [0, 0.05) is 5.39 Å². The molecule has 0 unspecified atom stereocenters. The molecule has 1 heterocycles. The van der Waals surface area contributed by atoms with Gasteiger partial charge >= 0.3 is 0 Å². The lowest BCUT2D eigenvalue weighted by Gasteiger charge is -2.12. The number of nitrogens with zero attached hydrogens (tertiary/aromatic N) is 2. The molecule has 3 aromatic carbocycles. The van der Waals surface area contributed by atoms with Crippen molar-refractivity contribution in [2.24, 2.45) is 0 Å². The number of fused-ring (bicyclic) bond motifs is 2. The molecular formula is C21H16N2O3. The second-order valence-electron chi connectivity index (χ2n) is 5.99. The van der Waals surface area contributed by atoms with E-state index in [1.165, 1.54) is 10.9 Å². The molecule has 0 fully saturated rings. The van der Waals surface area contributed by atoms with Gasteiger partial charge in [-0.25, -0.2) is 4.98 Å². The average Bonchev–Trinajstić information content (AvgIpc) is 2.69. The first-order valence-corrected chi connectivity index (χ1v) is 8.22. The van der Waals surface area contributed by atoms with E-state index in [1.807, 2.05) is 36.4 Å². The topological polar surface area (TPSA) is 61.2 Å². The van der Waals surface area contributed by atoms with Crippen LogP contribution < -0.4 is 10.3 Å². The molecule has 0 spiro atoms. The van der Waals surface area contributed by atoms with Crippen LogP contribution in [0.5, 0.6) is 5.75 Å². The number of aromatic nitrogens is 2. The molecule has 0 bridgehead atoms. The average molecular weight is 344 g/mol. The van der Waals surface area contributed by atoms with Crippen LogP contribution in [0.1, 0.15) is 10.4 Å². The van der Waals surface area contributed by atoms with Crippen LogP contribution >= 0.6 is 0 Å². The Balaban J connectivity index is 1.76. The normalized spacial score (nSPS) is 11.0. The van der Waals surface area contributed by atoms with Crippen molar-refractivity contribution in [1.29, 1.82) is 0 Å². The number of ether oxygens (including phenoxy) is 1. The van der Waals surface area contributed by atoms with Gasteiger partial charge in [0.2, 0.25) is 0 Å². The maximum absolute atomic E-state index is 12.9. The fraction of sp³-hybridized carbons (Fsp3) is 0.0952. The minimum absolute atomic E-state index is 0.0919. The zero-order valence-corrected chi connectivity index (χ0v) is 14.2. The summed E-state index contributed by atoms with van der Waals surface area (Å²) < 4.78 is 6.83. The van der Waals surface area contributed by atoms with Crippen molar-refractivity contribution in [1.82, 2.24) is 9.55 Å². The van der Waals surface area contributed by atoms with Crippen molar-refractivity contribution in [3.8, 4) is 5.75 Å². The first-order chi connectivity index (χ1) is 12.7. The van der Waals surface area contributed by atoms with Gasteiger partial charge in [0.25, 0.3) is 5.56 Å². The summed E-state index contributed by atoms with van der Waals surface area (Å²) in [6.07, 6.45) is 1.41. The quantitative estimate of drug-likeness (QED) is 0.532. The number of carbonyl (C=O) groups excluding carboxylic acids is 1. The number of carbonyl (C=O) groups is 1. The van der Waals surface area contributed by atoms with Gasteiger partial charge in [-0.2, -0.15) is 0 Å². The van der Waals surface area contributed by atoms with Crippen LogP contribution in [0.3, 0.4) is 0 Å². The summed E-state index contributed by atoms with van der Waals surface area (Å²) in [7, 11) is 1.54. The van der Waals surface area contributed by atoms with Crippen molar-refractivity contribution < 1.29 is 9.53 Å². The number of hydrogen-bond acceptors (Lipinski definition) is 4. The summed E-state index contributed by atoms with van der Waals surface area (Å²) in [6, 6.07) is 18.4. The molecule has 5 nitrogen and oxygen atoms in total. The third kappa shape index (κ3) is 2.63. The van der Waals surface area contributed by atoms with Gasteiger partial charge in [0.15, 0.2) is 5.78 Å². The zero-order valence-electron chi connectivity index (χ0n) is 14.2. The first-order valence-electron chi connectivity index (χ1n) is 8.22. The molecule has 0 N–H and O–H groups in total. The SMILES string of the molecule is COc1c(C(=O)Cn2cnc3ccccc3c2=O)ccc2ccccc12. The molecule has 1 aromatic heterocycles. The number of ketones is 1. The minimum Gasteiger partial charge on any atom is -0.495 e. The van der Waals surface area contributed by atoms with Gasteiger partial charge in [-0.05, 0) is 23.6 Å². The van der Waals surface area contributed by atoms with Crippen LogP contribution in [0.25, 0.3) is 21.7 Å². The van der Waals surface area contributed by atoms with Crippen molar-refractivity contribution in [2.45, 2.75) is 6.54 Å². The van der Waals surface area contributed by atoms with Gasteiger partial charge in [0.05, 0.1) is 36.4 Å². The van der Waals surface area contributed by atoms with Crippen LogP contribution in [-0.4, -0.2) is 22.4 Å². The lowest BCUT2D eigenvalue weighted by atomic mass is 10.0. The maximum Gasteiger partial charge on any atom is 0.261 e. The van der Waals surface area contributed by atoms with Gasteiger partial charge in [0.1, 0.15) is 5.75 Å². The molecule has 4 aromatic rings. The standard InChI is InChI=1S/C21H16N2O3/c1-26-20-15-7-3-2-6-14(15)10-11-17(20)19(24)12-23-13-22-18-9-5-4-8-16(18)21(23)25/h2-11,13H,12H2,1H3. The number of hydrogen-bond donors (Lipinski definition) is 0. The fourth-order valence-corrected chi connectivity index (χ4v) is 3.14. The molecule has 0 atom stereocenters. The summed E-state index contributed by atoms with van der Waals surface area (Å²) in [6.45, 7) is -0.0919. The highest BCUT2D eigenvalue weighted by Gasteiger charge is 2.16. The summed E-state index contributed by atoms with van der Waals surface area (Å²) >= 11 is 0. The fourth-order valence-electron chi connectivity index (χ4n) is 3.14. The Hall–Kier alpha value is -3.47. The largest absolute Gasteiger partial charge is 0.495 e. The smallest absolute Gasteiger partial charge is 0.261 e. The van der Waals surface area contributed by atoms with E-state index in [0.29, 0.717) is 22.2 Å². The number of benzene rings is 3. The van der Waals surface area contributed by atoms with Crippen molar-refractivity contribution in [3.05, 3.63) is 82.9 Å². The Morgan fingerprint density at radius 3 is 2.54 bits per heavy atom. The Bertz CT molecular complexity index is 1190. The predicted octanol–water partition coefficient (Wildman–Crippen LogP) is 3.44. The van der Waals surface area contributed by atoms with Gasteiger partial charge in [-0.15, -0.1) is 0 Å². The summed E-state index contributed by atoms with van der Waals surface area (Å²) in [4.78, 5) is 29.7. The van der Waals surface area contributed by atoms with Crippen molar-refractivity contribution >= 4 is 27.5 Å². The minimum atomic E-state index is -0.233. The second kappa shape index (κ2) is 6.44. The van der Waals surface area contributed by atoms with E-state index in [1.54, 1.807) is 31.4 Å². The van der Waals surface area contributed by atoms with E-state index in [0.717, 1.165) is 10.8 Å². The molecule has 26 heavy (non-hydrogen) atoms. The summed E-state index contributed by atoms with van der Waals surface area (Å²) in [5.74, 6) is 0.321. The van der Waals surface area contributed by atoms with Crippen LogP contribution in [0.2, 0.25) is 0 Å². The zero-order chi connectivity index (χ0) is 18.1. The van der Waals surface area contributed by atoms with E-state index in [-0.39, 0.29) is 17.9 Å².